The van der Waals surface area contributed by atoms with Crippen LogP contribution in [0.5, 0.6) is 5.75 Å². The van der Waals surface area contributed by atoms with E-state index in [0.29, 0.717) is 0 Å². The van der Waals surface area contributed by atoms with E-state index < -0.39 is 0 Å². The SMILES string of the molecule is CC(C)(C)Oc1ccc(C(C)(C)C)c(C2CC2)c1. The summed E-state index contributed by atoms with van der Waals surface area (Å²) in [6, 6.07) is 6.65. The molecule has 0 saturated heterocycles. The highest BCUT2D eigenvalue weighted by molar-refractivity contribution is 5.43. The van der Waals surface area contributed by atoms with Crippen LogP contribution in [0.25, 0.3) is 0 Å². The van der Waals surface area contributed by atoms with Crippen LogP contribution in [0.1, 0.15) is 71.4 Å². The molecule has 0 aliphatic heterocycles. The predicted octanol–water partition coefficient (Wildman–Crippen LogP) is 5.04. The second kappa shape index (κ2) is 4.29. The van der Waals surface area contributed by atoms with Crippen LogP contribution in [0, 0.1) is 0 Å². The van der Waals surface area contributed by atoms with Crippen LogP contribution >= 0.6 is 0 Å². The molecule has 0 N–H and O–H groups in total. The van der Waals surface area contributed by atoms with Crippen molar-refractivity contribution in [3.05, 3.63) is 29.3 Å². The highest BCUT2D eigenvalue weighted by atomic mass is 16.5. The van der Waals surface area contributed by atoms with Gasteiger partial charge in [0.25, 0.3) is 0 Å². The summed E-state index contributed by atoms with van der Waals surface area (Å²) < 4.78 is 5.99. The molecule has 1 aliphatic rings. The van der Waals surface area contributed by atoms with E-state index in [9.17, 15) is 0 Å². The molecule has 1 aromatic carbocycles. The molecule has 100 valence electrons. The number of rotatable bonds is 2. The van der Waals surface area contributed by atoms with Crippen LogP contribution in [-0.4, -0.2) is 5.60 Å². The molecule has 0 heterocycles. The first-order chi connectivity index (χ1) is 8.17. The third-order valence-electron chi connectivity index (χ3n) is 3.27. The Hall–Kier alpha value is -0.980. The van der Waals surface area contributed by atoms with E-state index in [4.69, 9.17) is 4.74 Å². The fourth-order valence-corrected chi connectivity index (χ4v) is 2.37. The Labute approximate surface area is 112 Å². The van der Waals surface area contributed by atoms with Crippen molar-refractivity contribution in [1.29, 1.82) is 0 Å². The number of benzene rings is 1. The van der Waals surface area contributed by atoms with E-state index in [0.717, 1.165) is 11.7 Å². The summed E-state index contributed by atoms with van der Waals surface area (Å²) in [6.45, 7) is 13.2. The Morgan fingerprint density at radius 1 is 1.00 bits per heavy atom. The molecule has 0 bridgehead atoms. The van der Waals surface area contributed by atoms with Crippen molar-refractivity contribution >= 4 is 0 Å². The van der Waals surface area contributed by atoms with Crippen LogP contribution in [-0.2, 0) is 5.41 Å². The lowest BCUT2D eigenvalue weighted by Crippen LogP contribution is -2.23. The first-order valence-corrected chi connectivity index (χ1v) is 7.00. The second-order valence-electron chi connectivity index (χ2n) is 7.49. The van der Waals surface area contributed by atoms with Crippen molar-refractivity contribution in [3.63, 3.8) is 0 Å². The fraction of sp³-hybridized carbons (Fsp3) is 0.647. The van der Waals surface area contributed by atoms with Crippen LogP contribution in [0.4, 0.5) is 0 Å². The van der Waals surface area contributed by atoms with Crippen LogP contribution in [0.2, 0.25) is 0 Å². The molecule has 2 rings (SSSR count). The zero-order valence-electron chi connectivity index (χ0n) is 12.6. The molecular formula is C17H26O. The maximum atomic E-state index is 5.99. The van der Waals surface area contributed by atoms with E-state index in [1.807, 2.05) is 0 Å². The third kappa shape index (κ3) is 3.28. The zero-order valence-corrected chi connectivity index (χ0v) is 12.6. The highest BCUT2D eigenvalue weighted by Crippen LogP contribution is 2.45. The molecule has 0 aromatic heterocycles. The van der Waals surface area contributed by atoms with Gasteiger partial charge in [-0.1, -0.05) is 26.8 Å². The first kappa shape index (κ1) is 13.5. The summed E-state index contributed by atoms with van der Waals surface area (Å²) in [5.74, 6) is 1.78. The normalized spacial score (nSPS) is 16.8. The van der Waals surface area contributed by atoms with Gasteiger partial charge in [-0.2, -0.15) is 0 Å². The lowest BCUT2D eigenvalue weighted by molar-refractivity contribution is 0.131. The van der Waals surface area contributed by atoms with Crippen LogP contribution in [0.3, 0.4) is 0 Å². The van der Waals surface area contributed by atoms with Crippen LogP contribution < -0.4 is 4.74 Å². The maximum Gasteiger partial charge on any atom is 0.120 e. The molecule has 0 radical (unpaired) electrons. The van der Waals surface area contributed by atoms with E-state index in [-0.39, 0.29) is 11.0 Å². The van der Waals surface area contributed by atoms with E-state index in [1.54, 1.807) is 0 Å². The van der Waals surface area contributed by atoms with Gasteiger partial charge in [-0.05, 0) is 68.2 Å². The smallest absolute Gasteiger partial charge is 0.120 e. The highest BCUT2D eigenvalue weighted by Gasteiger charge is 2.30. The Morgan fingerprint density at radius 2 is 1.61 bits per heavy atom. The fourth-order valence-electron chi connectivity index (χ4n) is 2.37. The summed E-state index contributed by atoms with van der Waals surface area (Å²) in [5, 5.41) is 0. The van der Waals surface area contributed by atoms with Crippen molar-refractivity contribution in [3.8, 4) is 5.75 Å². The molecule has 1 heteroatoms. The maximum absolute atomic E-state index is 5.99. The van der Waals surface area contributed by atoms with Gasteiger partial charge < -0.3 is 4.74 Å². The lowest BCUT2D eigenvalue weighted by Gasteiger charge is -2.26. The first-order valence-electron chi connectivity index (χ1n) is 7.00. The van der Waals surface area contributed by atoms with Crippen molar-refractivity contribution < 1.29 is 4.74 Å². The van der Waals surface area contributed by atoms with E-state index >= 15 is 0 Å². The zero-order chi connectivity index (χ0) is 13.6. The van der Waals surface area contributed by atoms with Crippen molar-refractivity contribution in [1.82, 2.24) is 0 Å². The lowest BCUT2D eigenvalue weighted by atomic mass is 9.82. The number of hydrogen-bond acceptors (Lipinski definition) is 1. The Balaban J connectivity index is 2.35. The van der Waals surface area contributed by atoms with Crippen molar-refractivity contribution in [2.75, 3.05) is 0 Å². The van der Waals surface area contributed by atoms with Gasteiger partial charge in [0.2, 0.25) is 0 Å². The summed E-state index contributed by atoms with van der Waals surface area (Å²) in [4.78, 5) is 0. The average Bonchev–Trinajstić information content (AvgIpc) is 2.95. The van der Waals surface area contributed by atoms with Gasteiger partial charge in [0, 0.05) is 0 Å². The molecule has 1 aromatic rings. The summed E-state index contributed by atoms with van der Waals surface area (Å²) in [7, 11) is 0. The topological polar surface area (TPSA) is 9.23 Å². The van der Waals surface area contributed by atoms with Crippen molar-refractivity contribution in [2.24, 2.45) is 0 Å². The average molecular weight is 246 g/mol. The van der Waals surface area contributed by atoms with E-state index in [2.05, 4.69) is 59.7 Å². The van der Waals surface area contributed by atoms with E-state index in [1.165, 1.54) is 24.0 Å². The Bertz CT molecular complexity index is 428. The summed E-state index contributed by atoms with van der Waals surface area (Å²) >= 11 is 0. The molecular weight excluding hydrogens is 220 g/mol. The molecule has 0 unspecified atom stereocenters. The van der Waals surface area contributed by atoms with Gasteiger partial charge >= 0.3 is 0 Å². The summed E-state index contributed by atoms with van der Waals surface area (Å²) in [5.41, 5.74) is 3.08. The molecule has 1 fully saturated rings. The molecule has 0 amide bonds. The van der Waals surface area contributed by atoms with Gasteiger partial charge in [0.15, 0.2) is 0 Å². The van der Waals surface area contributed by atoms with Gasteiger partial charge in [0.05, 0.1) is 0 Å². The van der Waals surface area contributed by atoms with Gasteiger partial charge in [-0.25, -0.2) is 0 Å². The molecule has 1 aliphatic carbocycles. The molecule has 0 spiro atoms. The molecule has 1 nitrogen and oxygen atoms in total. The van der Waals surface area contributed by atoms with Gasteiger partial charge in [0.1, 0.15) is 11.4 Å². The predicted molar refractivity (Wildman–Crippen MR) is 77.5 cm³/mol. The van der Waals surface area contributed by atoms with Crippen LogP contribution in [0.15, 0.2) is 18.2 Å². The Morgan fingerprint density at radius 3 is 2.06 bits per heavy atom. The molecule has 0 atom stereocenters. The van der Waals surface area contributed by atoms with Gasteiger partial charge in [-0.15, -0.1) is 0 Å². The van der Waals surface area contributed by atoms with Gasteiger partial charge in [-0.3, -0.25) is 0 Å². The minimum absolute atomic E-state index is 0.121. The quantitative estimate of drug-likeness (QED) is 0.710. The number of hydrogen-bond donors (Lipinski definition) is 0. The molecule has 1 saturated carbocycles. The minimum atomic E-state index is -0.121. The largest absolute Gasteiger partial charge is 0.488 e. The monoisotopic (exact) mass is 246 g/mol. The standard InChI is InChI=1S/C17H26O/c1-16(2,3)15-10-9-13(18-17(4,5)6)11-14(15)12-7-8-12/h9-12H,7-8H2,1-6H3. The second-order valence-corrected chi connectivity index (χ2v) is 7.49. The Kier molecular flexibility index (Phi) is 3.21. The minimum Gasteiger partial charge on any atom is -0.488 e. The summed E-state index contributed by atoms with van der Waals surface area (Å²) in [6.07, 6.45) is 2.67. The molecule has 18 heavy (non-hydrogen) atoms. The van der Waals surface area contributed by atoms with Crippen molar-refractivity contribution in [2.45, 2.75) is 71.3 Å². The third-order valence-corrected chi connectivity index (χ3v) is 3.27. The number of ether oxygens (including phenoxy) is 1.